The van der Waals surface area contributed by atoms with E-state index in [-0.39, 0.29) is 5.82 Å². The molecule has 0 spiro atoms. The molecule has 0 amide bonds. The average molecular weight is 232 g/mol. The SMILES string of the molecule is CN(C)c1cc(Nc2ccccc2F)ncn1. The van der Waals surface area contributed by atoms with Gasteiger partial charge in [-0.2, -0.15) is 0 Å². The number of nitrogens with one attached hydrogen (secondary N) is 1. The van der Waals surface area contributed by atoms with Crippen molar-refractivity contribution in [2.75, 3.05) is 24.3 Å². The highest BCUT2D eigenvalue weighted by Gasteiger charge is 2.04. The Kier molecular flexibility index (Phi) is 3.18. The summed E-state index contributed by atoms with van der Waals surface area (Å²) in [7, 11) is 3.77. The smallest absolute Gasteiger partial charge is 0.146 e. The molecule has 88 valence electrons. The summed E-state index contributed by atoms with van der Waals surface area (Å²) in [6.45, 7) is 0. The molecule has 4 nitrogen and oxygen atoms in total. The van der Waals surface area contributed by atoms with Gasteiger partial charge in [0.2, 0.25) is 0 Å². The Balaban J connectivity index is 2.25. The average Bonchev–Trinajstić information content (AvgIpc) is 2.32. The molecule has 0 saturated carbocycles. The third kappa shape index (κ3) is 2.69. The van der Waals surface area contributed by atoms with Crippen LogP contribution >= 0.6 is 0 Å². The molecule has 0 unspecified atom stereocenters. The lowest BCUT2D eigenvalue weighted by molar-refractivity contribution is 0.632. The molecule has 1 aromatic carbocycles. The molecular formula is C12H13FN4. The van der Waals surface area contributed by atoms with Crippen molar-refractivity contribution in [1.29, 1.82) is 0 Å². The maximum absolute atomic E-state index is 13.4. The van der Waals surface area contributed by atoms with E-state index >= 15 is 0 Å². The minimum Gasteiger partial charge on any atom is -0.363 e. The molecule has 0 fully saturated rings. The molecule has 0 bridgehead atoms. The minimum absolute atomic E-state index is 0.308. The summed E-state index contributed by atoms with van der Waals surface area (Å²) in [5, 5.41) is 2.91. The van der Waals surface area contributed by atoms with Crippen molar-refractivity contribution in [2.45, 2.75) is 0 Å². The topological polar surface area (TPSA) is 41.0 Å². The number of hydrogen-bond acceptors (Lipinski definition) is 4. The van der Waals surface area contributed by atoms with Crippen LogP contribution in [0.2, 0.25) is 0 Å². The van der Waals surface area contributed by atoms with E-state index in [1.165, 1.54) is 12.4 Å². The molecule has 2 aromatic rings. The van der Waals surface area contributed by atoms with Gasteiger partial charge in [-0.15, -0.1) is 0 Å². The van der Waals surface area contributed by atoms with Gasteiger partial charge in [0.1, 0.15) is 23.8 Å². The van der Waals surface area contributed by atoms with Crippen LogP contribution in [0.25, 0.3) is 0 Å². The molecular weight excluding hydrogens is 219 g/mol. The second-order valence-electron chi connectivity index (χ2n) is 3.76. The number of nitrogens with zero attached hydrogens (tertiary/aromatic N) is 3. The van der Waals surface area contributed by atoms with Crippen molar-refractivity contribution in [3.8, 4) is 0 Å². The number of benzene rings is 1. The molecule has 5 heteroatoms. The lowest BCUT2D eigenvalue weighted by atomic mass is 10.3. The Labute approximate surface area is 99.1 Å². The third-order valence-corrected chi connectivity index (χ3v) is 2.25. The molecule has 0 aliphatic rings. The molecule has 1 heterocycles. The highest BCUT2D eigenvalue weighted by Crippen LogP contribution is 2.19. The van der Waals surface area contributed by atoms with Gasteiger partial charge >= 0.3 is 0 Å². The second kappa shape index (κ2) is 4.78. The van der Waals surface area contributed by atoms with Gasteiger partial charge in [0, 0.05) is 20.2 Å². The monoisotopic (exact) mass is 232 g/mol. The van der Waals surface area contributed by atoms with Crippen LogP contribution in [0.4, 0.5) is 21.7 Å². The van der Waals surface area contributed by atoms with Gasteiger partial charge < -0.3 is 10.2 Å². The number of anilines is 3. The highest BCUT2D eigenvalue weighted by atomic mass is 19.1. The molecule has 1 N–H and O–H groups in total. The Morgan fingerprint density at radius 3 is 2.65 bits per heavy atom. The van der Waals surface area contributed by atoms with Gasteiger partial charge in [0.25, 0.3) is 0 Å². The van der Waals surface area contributed by atoms with E-state index in [1.807, 2.05) is 19.0 Å². The summed E-state index contributed by atoms with van der Waals surface area (Å²) < 4.78 is 13.4. The first kappa shape index (κ1) is 11.3. The Bertz CT molecular complexity index is 513. The van der Waals surface area contributed by atoms with E-state index in [2.05, 4.69) is 15.3 Å². The van der Waals surface area contributed by atoms with Crippen molar-refractivity contribution >= 4 is 17.3 Å². The van der Waals surface area contributed by atoms with Crippen LogP contribution < -0.4 is 10.2 Å². The zero-order valence-electron chi connectivity index (χ0n) is 9.68. The Hall–Kier alpha value is -2.17. The minimum atomic E-state index is -0.308. The van der Waals surface area contributed by atoms with E-state index in [9.17, 15) is 4.39 Å². The predicted octanol–water partition coefficient (Wildman–Crippen LogP) is 2.43. The van der Waals surface area contributed by atoms with Crippen LogP contribution in [-0.4, -0.2) is 24.1 Å². The van der Waals surface area contributed by atoms with Gasteiger partial charge in [-0.25, -0.2) is 14.4 Å². The lowest BCUT2D eigenvalue weighted by Crippen LogP contribution is -2.11. The first-order valence-electron chi connectivity index (χ1n) is 5.18. The van der Waals surface area contributed by atoms with Gasteiger partial charge in [-0.3, -0.25) is 0 Å². The largest absolute Gasteiger partial charge is 0.363 e. The predicted molar refractivity (Wildman–Crippen MR) is 66.0 cm³/mol. The normalized spacial score (nSPS) is 10.1. The van der Waals surface area contributed by atoms with Crippen LogP contribution in [0.1, 0.15) is 0 Å². The zero-order valence-corrected chi connectivity index (χ0v) is 9.68. The highest BCUT2D eigenvalue weighted by molar-refractivity contribution is 5.59. The van der Waals surface area contributed by atoms with Crippen molar-refractivity contribution in [1.82, 2.24) is 9.97 Å². The van der Waals surface area contributed by atoms with Gasteiger partial charge in [0.05, 0.1) is 5.69 Å². The zero-order chi connectivity index (χ0) is 12.3. The molecule has 0 saturated heterocycles. The van der Waals surface area contributed by atoms with E-state index in [0.717, 1.165) is 5.82 Å². The fourth-order valence-corrected chi connectivity index (χ4v) is 1.36. The van der Waals surface area contributed by atoms with Crippen molar-refractivity contribution in [3.63, 3.8) is 0 Å². The standard InChI is InChI=1S/C12H13FN4/c1-17(2)12-7-11(14-8-15-12)16-10-6-4-3-5-9(10)13/h3-8H,1-2H3,(H,14,15,16). The molecule has 0 atom stereocenters. The molecule has 2 rings (SSSR count). The van der Waals surface area contributed by atoms with Gasteiger partial charge in [-0.1, -0.05) is 12.1 Å². The van der Waals surface area contributed by atoms with Crippen LogP contribution in [0.3, 0.4) is 0 Å². The van der Waals surface area contributed by atoms with Crippen molar-refractivity contribution in [2.24, 2.45) is 0 Å². The van der Waals surface area contributed by atoms with E-state index in [4.69, 9.17) is 0 Å². The molecule has 0 radical (unpaired) electrons. The summed E-state index contributed by atoms with van der Waals surface area (Å²) in [6.07, 6.45) is 1.44. The fraction of sp³-hybridized carbons (Fsp3) is 0.167. The Morgan fingerprint density at radius 1 is 1.18 bits per heavy atom. The van der Waals surface area contributed by atoms with E-state index < -0.39 is 0 Å². The summed E-state index contributed by atoms with van der Waals surface area (Å²) in [5.41, 5.74) is 0.399. The molecule has 1 aromatic heterocycles. The second-order valence-corrected chi connectivity index (χ2v) is 3.76. The van der Waals surface area contributed by atoms with Crippen LogP contribution in [0, 0.1) is 5.82 Å². The van der Waals surface area contributed by atoms with Crippen LogP contribution in [-0.2, 0) is 0 Å². The Morgan fingerprint density at radius 2 is 1.94 bits per heavy atom. The summed E-state index contributed by atoms with van der Waals surface area (Å²) >= 11 is 0. The quantitative estimate of drug-likeness (QED) is 0.882. The summed E-state index contributed by atoms with van der Waals surface area (Å²) in [4.78, 5) is 9.98. The van der Waals surface area contributed by atoms with Gasteiger partial charge in [-0.05, 0) is 12.1 Å². The first-order chi connectivity index (χ1) is 8.16. The first-order valence-corrected chi connectivity index (χ1v) is 5.18. The number of rotatable bonds is 3. The summed E-state index contributed by atoms with van der Waals surface area (Å²) in [6, 6.07) is 8.22. The van der Waals surface area contributed by atoms with E-state index in [0.29, 0.717) is 11.5 Å². The lowest BCUT2D eigenvalue weighted by Gasteiger charge is -2.12. The molecule has 0 aliphatic carbocycles. The van der Waals surface area contributed by atoms with E-state index in [1.54, 1.807) is 24.3 Å². The van der Waals surface area contributed by atoms with Crippen LogP contribution in [0.5, 0.6) is 0 Å². The number of aromatic nitrogens is 2. The molecule has 0 aliphatic heterocycles. The fourth-order valence-electron chi connectivity index (χ4n) is 1.36. The maximum atomic E-state index is 13.4. The van der Waals surface area contributed by atoms with Gasteiger partial charge in [0.15, 0.2) is 0 Å². The number of halogens is 1. The molecule has 17 heavy (non-hydrogen) atoms. The number of para-hydroxylation sites is 1. The number of hydrogen-bond donors (Lipinski definition) is 1. The van der Waals surface area contributed by atoms with Crippen LogP contribution in [0.15, 0.2) is 36.7 Å². The maximum Gasteiger partial charge on any atom is 0.146 e. The van der Waals surface area contributed by atoms with Crippen molar-refractivity contribution < 1.29 is 4.39 Å². The van der Waals surface area contributed by atoms with Crippen molar-refractivity contribution in [3.05, 3.63) is 42.5 Å². The third-order valence-electron chi connectivity index (χ3n) is 2.25. The summed E-state index contributed by atoms with van der Waals surface area (Å²) in [5.74, 6) is 1.02.